The molecule has 0 aliphatic carbocycles. The molecule has 0 aromatic heterocycles. The summed E-state index contributed by atoms with van der Waals surface area (Å²) in [4.78, 5) is 22.8. The Kier molecular flexibility index (Phi) is 6.47. The van der Waals surface area contributed by atoms with Gasteiger partial charge in [0, 0.05) is 11.3 Å². The molecule has 0 aliphatic rings. The highest BCUT2D eigenvalue weighted by Gasteiger charge is 2.19. The third kappa shape index (κ3) is 5.24. The molecule has 1 aromatic carbocycles. The van der Waals surface area contributed by atoms with E-state index in [2.05, 4.69) is 16.6 Å². The highest BCUT2D eigenvalue weighted by Crippen LogP contribution is 2.09. The van der Waals surface area contributed by atoms with E-state index in [9.17, 15) is 9.59 Å². The number of thioether (sulfide) groups is 1. The summed E-state index contributed by atoms with van der Waals surface area (Å²) < 4.78 is 0. The zero-order valence-electron chi connectivity index (χ0n) is 11.1. The van der Waals surface area contributed by atoms with Crippen molar-refractivity contribution in [2.75, 3.05) is 17.3 Å². The molecule has 0 fully saturated rings. The smallest absolute Gasteiger partial charge is 0.326 e. The normalized spacial score (nSPS) is 11.2. The Balaban J connectivity index is 2.61. The Hall–Kier alpha value is -2.13. The lowest BCUT2D eigenvalue weighted by Crippen LogP contribution is -2.43. The second kappa shape index (κ2) is 8.12. The summed E-state index contributed by atoms with van der Waals surface area (Å²) in [6.07, 6.45) is 7.52. The van der Waals surface area contributed by atoms with E-state index in [0.717, 1.165) is 0 Å². The highest BCUT2D eigenvalue weighted by atomic mass is 32.2. The fourth-order valence-electron chi connectivity index (χ4n) is 1.51. The first-order valence-electron chi connectivity index (χ1n) is 5.92. The van der Waals surface area contributed by atoms with Crippen molar-refractivity contribution in [3.63, 3.8) is 0 Å². The van der Waals surface area contributed by atoms with E-state index in [1.807, 2.05) is 6.26 Å². The van der Waals surface area contributed by atoms with Crippen molar-refractivity contribution in [2.45, 2.75) is 12.5 Å². The van der Waals surface area contributed by atoms with Gasteiger partial charge in [0.25, 0.3) is 0 Å². The second-order valence-corrected chi connectivity index (χ2v) is 4.98. The number of carbonyl (C=O) groups excluding carboxylic acids is 1. The predicted molar refractivity (Wildman–Crippen MR) is 81.0 cm³/mol. The van der Waals surface area contributed by atoms with Crippen LogP contribution >= 0.6 is 11.8 Å². The number of hydrogen-bond donors (Lipinski definition) is 3. The van der Waals surface area contributed by atoms with Crippen LogP contribution < -0.4 is 10.6 Å². The summed E-state index contributed by atoms with van der Waals surface area (Å²) in [5.74, 6) is 2.07. The third-order valence-corrected chi connectivity index (χ3v) is 3.15. The average molecular weight is 292 g/mol. The predicted octanol–water partition coefficient (Wildman–Crippen LogP) is 2.00. The summed E-state index contributed by atoms with van der Waals surface area (Å²) in [5.41, 5.74) is 1.16. The van der Waals surface area contributed by atoms with Crippen LogP contribution in [0.1, 0.15) is 12.0 Å². The summed E-state index contributed by atoms with van der Waals surface area (Å²) in [5, 5.41) is 14.0. The molecule has 3 N–H and O–H groups in total. The molecule has 0 spiro atoms. The van der Waals surface area contributed by atoms with Crippen LogP contribution in [0.25, 0.3) is 0 Å². The number of hydrogen-bond acceptors (Lipinski definition) is 3. The SMILES string of the molecule is C#Cc1cccc(NC(=O)N[C@H](CCSC)C(=O)O)c1. The van der Waals surface area contributed by atoms with Gasteiger partial charge in [0.15, 0.2) is 0 Å². The van der Waals surface area contributed by atoms with E-state index in [1.54, 1.807) is 24.3 Å². The molecule has 0 saturated heterocycles. The van der Waals surface area contributed by atoms with Gasteiger partial charge in [-0.15, -0.1) is 6.42 Å². The molecular formula is C14H16N2O3S. The summed E-state index contributed by atoms with van der Waals surface area (Å²) in [6, 6.07) is 5.30. The standard InChI is InChI=1S/C14H16N2O3S/c1-3-10-5-4-6-11(9-10)15-14(19)16-12(13(17)18)7-8-20-2/h1,4-6,9,12H,7-8H2,2H3,(H,17,18)(H2,15,16,19)/t12-/m1/s1. The lowest BCUT2D eigenvalue weighted by Gasteiger charge is -2.14. The van der Waals surface area contributed by atoms with Gasteiger partial charge < -0.3 is 15.7 Å². The lowest BCUT2D eigenvalue weighted by atomic mass is 10.2. The maximum absolute atomic E-state index is 11.7. The zero-order chi connectivity index (χ0) is 15.0. The number of rotatable bonds is 6. The van der Waals surface area contributed by atoms with Crippen molar-refractivity contribution in [2.24, 2.45) is 0 Å². The van der Waals surface area contributed by atoms with Crippen LogP contribution in [0.5, 0.6) is 0 Å². The number of terminal acetylenes is 1. The number of benzene rings is 1. The van der Waals surface area contributed by atoms with E-state index in [0.29, 0.717) is 23.4 Å². The lowest BCUT2D eigenvalue weighted by molar-refractivity contribution is -0.139. The van der Waals surface area contributed by atoms with Crippen LogP contribution in [0.2, 0.25) is 0 Å². The van der Waals surface area contributed by atoms with Gasteiger partial charge in [0.2, 0.25) is 0 Å². The molecule has 0 unspecified atom stereocenters. The molecule has 0 radical (unpaired) electrons. The molecule has 1 rings (SSSR count). The number of carboxylic acids is 1. The minimum absolute atomic E-state index is 0.369. The Morgan fingerprint density at radius 1 is 1.50 bits per heavy atom. The van der Waals surface area contributed by atoms with Crippen LogP contribution in [0.4, 0.5) is 10.5 Å². The van der Waals surface area contributed by atoms with E-state index in [-0.39, 0.29) is 0 Å². The molecule has 0 heterocycles. The fraction of sp³-hybridized carbons (Fsp3) is 0.286. The largest absolute Gasteiger partial charge is 0.480 e. The van der Waals surface area contributed by atoms with Crippen molar-refractivity contribution in [1.82, 2.24) is 5.32 Å². The van der Waals surface area contributed by atoms with Gasteiger partial charge in [0.05, 0.1) is 0 Å². The monoisotopic (exact) mass is 292 g/mol. The summed E-state index contributed by atoms with van der Waals surface area (Å²) in [6.45, 7) is 0. The number of nitrogens with one attached hydrogen (secondary N) is 2. The number of anilines is 1. The molecular weight excluding hydrogens is 276 g/mol. The van der Waals surface area contributed by atoms with Crippen LogP contribution in [0.3, 0.4) is 0 Å². The van der Waals surface area contributed by atoms with Crippen LogP contribution in [-0.4, -0.2) is 35.2 Å². The topological polar surface area (TPSA) is 78.4 Å². The van der Waals surface area contributed by atoms with Crippen molar-refractivity contribution in [3.8, 4) is 12.3 Å². The quantitative estimate of drug-likeness (QED) is 0.701. The van der Waals surface area contributed by atoms with Gasteiger partial charge in [0.1, 0.15) is 6.04 Å². The third-order valence-electron chi connectivity index (χ3n) is 2.50. The number of amides is 2. The Morgan fingerprint density at radius 3 is 2.85 bits per heavy atom. The van der Waals surface area contributed by atoms with Crippen LogP contribution in [0, 0.1) is 12.3 Å². The first-order valence-corrected chi connectivity index (χ1v) is 7.32. The number of urea groups is 1. The van der Waals surface area contributed by atoms with Gasteiger partial charge >= 0.3 is 12.0 Å². The van der Waals surface area contributed by atoms with E-state index in [1.165, 1.54) is 11.8 Å². The van der Waals surface area contributed by atoms with Crippen molar-refractivity contribution in [1.29, 1.82) is 0 Å². The van der Waals surface area contributed by atoms with E-state index >= 15 is 0 Å². The van der Waals surface area contributed by atoms with Crippen molar-refractivity contribution in [3.05, 3.63) is 29.8 Å². The summed E-state index contributed by atoms with van der Waals surface area (Å²) in [7, 11) is 0. The Bertz CT molecular complexity index is 525. The molecule has 1 aromatic rings. The Labute approximate surface area is 122 Å². The molecule has 2 amide bonds. The maximum Gasteiger partial charge on any atom is 0.326 e. The van der Waals surface area contributed by atoms with Crippen molar-refractivity contribution < 1.29 is 14.7 Å². The van der Waals surface area contributed by atoms with Crippen molar-refractivity contribution >= 4 is 29.4 Å². The molecule has 1 atom stereocenters. The zero-order valence-corrected chi connectivity index (χ0v) is 11.9. The second-order valence-electron chi connectivity index (χ2n) is 4.00. The number of carbonyl (C=O) groups is 2. The molecule has 0 aliphatic heterocycles. The molecule has 20 heavy (non-hydrogen) atoms. The molecule has 5 nitrogen and oxygen atoms in total. The molecule has 0 bridgehead atoms. The van der Waals surface area contributed by atoms with Gasteiger partial charge in [-0.05, 0) is 36.6 Å². The minimum Gasteiger partial charge on any atom is -0.480 e. The molecule has 106 valence electrons. The van der Waals surface area contributed by atoms with Crippen LogP contribution in [0.15, 0.2) is 24.3 Å². The van der Waals surface area contributed by atoms with Gasteiger partial charge in [-0.25, -0.2) is 9.59 Å². The Morgan fingerprint density at radius 2 is 2.25 bits per heavy atom. The first kappa shape index (κ1) is 15.9. The van der Waals surface area contributed by atoms with Gasteiger partial charge in [-0.2, -0.15) is 11.8 Å². The number of carboxylic acid groups (broad SMARTS) is 1. The van der Waals surface area contributed by atoms with E-state index in [4.69, 9.17) is 11.5 Å². The van der Waals surface area contributed by atoms with Gasteiger partial charge in [-0.1, -0.05) is 12.0 Å². The minimum atomic E-state index is -1.05. The van der Waals surface area contributed by atoms with Gasteiger partial charge in [-0.3, -0.25) is 0 Å². The first-order chi connectivity index (χ1) is 9.56. The maximum atomic E-state index is 11.7. The highest BCUT2D eigenvalue weighted by molar-refractivity contribution is 7.98. The average Bonchev–Trinajstić information content (AvgIpc) is 2.43. The molecule has 6 heteroatoms. The van der Waals surface area contributed by atoms with E-state index < -0.39 is 18.0 Å². The summed E-state index contributed by atoms with van der Waals surface area (Å²) >= 11 is 1.53. The number of aliphatic carboxylic acids is 1. The molecule has 0 saturated carbocycles. The van der Waals surface area contributed by atoms with Crippen LogP contribution in [-0.2, 0) is 4.79 Å². The fourth-order valence-corrected chi connectivity index (χ4v) is 1.98.